The molecule has 10 heteroatoms. The summed E-state index contributed by atoms with van der Waals surface area (Å²) >= 11 is 10.7. The summed E-state index contributed by atoms with van der Waals surface area (Å²) in [6.45, 7) is 0. The van der Waals surface area contributed by atoms with Crippen LogP contribution in [0.1, 0.15) is 5.76 Å². The van der Waals surface area contributed by atoms with Crippen LogP contribution in [0.5, 0.6) is 0 Å². The van der Waals surface area contributed by atoms with Gasteiger partial charge < -0.3 is 4.42 Å². The standard InChI is InChI=1S/C16H10BrClN4O3S/c17-13-8-11(25-16(13)26-12-5-3-10(18)4-6-12)9-20-21-15-14(22(23)24)2-1-7-19-15/h1-9H,(H,19,21)/b20-9-. The molecule has 0 unspecified atom stereocenters. The van der Waals surface area contributed by atoms with E-state index in [1.165, 1.54) is 36.3 Å². The average Bonchev–Trinajstić information content (AvgIpc) is 2.97. The topological polar surface area (TPSA) is 93.6 Å². The molecule has 3 rings (SSSR count). The Bertz CT molecular complexity index is 962. The summed E-state index contributed by atoms with van der Waals surface area (Å²) < 4.78 is 6.47. The molecule has 0 amide bonds. The molecule has 7 nitrogen and oxygen atoms in total. The van der Waals surface area contributed by atoms with E-state index in [0.717, 1.165) is 9.37 Å². The Labute approximate surface area is 165 Å². The monoisotopic (exact) mass is 452 g/mol. The summed E-state index contributed by atoms with van der Waals surface area (Å²) in [5.74, 6) is 0.523. The Kier molecular flexibility index (Phi) is 5.92. The molecule has 1 aromatic carbocycles. The molecule has 0 saturated heterocycles. The molecular weight excluding hydrogens is 444 g/mol. The first-order valence-electron chi connectivity index (χ1n) is 7.14. The van der Waals surface area contributed by atoms with Crippen LogP contribution in [0.15, 0.2) is 72.6 Å². The lowest BCUT2D eigenvalue weighted by Crippen LogP contribution is -1.98. The maximum Gasteiger partial charge on any atom is 0.313 e. The van der Waals surface area contributed by atoms with E-state index < -0.39 is 4.92 Å². The fourth-order valence-corrected chi connectivity index (χ4v) is 3.36. The lowest BCUT2D eigenvalue weighted by atomic mass is 10.4. The number of aromatic nitrogens is 1. The van der Waals surface area contributed by atoms with Crippen LogP contribution in [0, 0.1) is 10.1 Å². The van der Waals surface area contributed by atoms with Crippen LogP contribution >= 0.6 is 39.3 Å². The molecular formula is C16H10BrClN4O3S. The molecule has 0 saturated carbocycles. The molecule has 26 heavy (non-hydrogen) atoms. The van der Waals surface area contributed by atoms with Crippen molar-refractivity contribution in [2.75, 3.05) is 5.43 Å². The van der Waals surface area contributed by atoms with Crippen molar-refractivity contribution in [3.05, 3.63) is 74.0 Å². The van der Waals surface area contributed by atoms with Crippen molar-refractivity contribution in [3.8, 4) is 0 Å². The van der Waals surface area contributed by atoms with Crippen molar-refractivity contribution < 1.29 is 9.34 Å². The van der Waals surface area contributed by atoms with E-state index in [-0.39, 0.29) is 11.5 Å². The third-order valence-electron chi connectivity index (χ3n) is 3.04. The number of halogens is 2. The van der Waals surface area contributed by atoms with Crippen LogP contribution in [-0.2, 0) is 0 Å². The molecule has 0 bridgehead atoms. The van der Waals surface area contributed by atoms with E-state index in [0.29, 0.717) is 15.9 Å². The molecule has 0 atom stereocenters. The predicted octanol–water partition coefficient (Wildman–Crippen LogP) is 5.60. The lowest BCUT2D eigenvalue weighted by Gasteiger charge is -1.99. The van der Waals surface area contributed by atoms with Crippen molar-refractivity contribution >= 4 is 57.0 Å². The number of hydrogen-bond donors (Lipinski definition) is 1. The molecule has 0 spiro atoms. The molecule has 0 fully saturated rings. The van der Waals surface area contributed by atoms with Gasteiger partial charge in [0.1, 0.15) is 5.76 Å². The molecule has 1 N–H and O–H groups in total. The Morgan fingerprint density at radius 3 is 2.85 bits per heavy atom. The van der Waals surface area contributed by atoms with Crippen LogP contribution in [-0.4, -0.2) is 16.1 Å². The number of pyridine rings is 1. The SMILES string of the molecule is O=[N+]([O-])c1cccnc1N/N=C\c1cc(Br)c(Sc2ccc(Cl)cc2)o1. The average molecular weight is 454 g/mol. The number of nitrogens with zero attached hydrogens (tertiary/aromatic N) is 3. The number of rotatable bonds is 6. The van der Waals surface area contributed by atoms with E-state index in [2.05, 4.69) is 31.4 Å². The Morgan fingerprint density at radius 1 is 1.35 bits per heavy atom. The van der Waals surface area contributed by atoms with Gasteiger partial charge in [-0.25, -0.2) is 4.98 Å². The predicted molar refractivity (Wildman–Crippen MR) is 104 cm³/mol. The van der Waals surface area contributed by atoms with E-state index in [1.807, 2.05) is 12.1 Å². The summed E-state index contributed by atoms with van der Waals surface area (Å²) in [5, 5.41) is 16.2. The zero-order valence-corrected chi connectivity index (χ0v) is 16.1. The summed E-state index contributed by atoms with van der Waals surface area (Å²) in [6, 6.07) is 11.9. The van der Waals surface area contributed by atoms with Crippen LogP contribution in [0.25, 0.3) is 0 Å². The smallest absolute Gasteiger partial charge is 0.313 e. The summed E-state index contributed by atoms with van der Waals surface area (Å²) in [6.07, 6.45) is 2.85. The van der Waals surface area contributed by atoms with Gasteiger partial charge in [-0.05, 0) is 46.3 Å². The molecule has 3 aromatic rings. The first-order chi connectivity index (χ1) is 12.5. The van der Waals surface area contributed by atoms with E-state index in [9.17, 15) is 10.1 Å². The van der Waals surface area contributed by atoms with Gasteiger partial charge in [-0.1, -0.05) is 23.4 Å². The van der Waals surface area contributed by atoms with Gasteiger partial charge in [0, 0.05) is 28.2 Å². The van der Waals surface area contributed by atoms with E-state index >= 15 is 0 Å². The summed E-state index contributed by atoms with van der Waals surface area (Å²) in [4.78, 5) is 15.3. The molecule has 2 heterocycles. The maximum absolute atomic E-state index is 10.9. The van der Waals surface area contributed by atoms with Crippen LogP contribution < -0.4 is 5.43 Å². The number of benzene rings is 1. The van der Waals surface area contributed by atoms with Gasteiger partial charge in [-0.2, -0.15) is 5.10 Å². The van der Waals surface area contributed by atoms with Crippen molar-refractivity contribution in [2.45, 2.75) is 9.99 Å². The van der Waals surface area contributed by atoms with Gasteiger partial charge in [0.15, 0.2) is 5.09 Å². The Morgan fingerprint density at radius 2 is 2.12 bits per heavy atom. The van der Waals surface area contributed by atoms with Crippen LogP contribution in [0.2, 0.25) is 5.02 Å². The highest BCUT2D eigenvalue weighted by atomic mass is 79.9. The fourth-order valence-electron chi connectivity index (χ4n) is 1.90. The molecule has 132 valence electrons. The Balaban J connectivity index is 1.70. The van der Waals surface area contributed by atoms with E-state index in [1.54, 1.807) is 18.2 Å². The highest BCUT2D eigenvalue weighted by Crippen LogP contribution is 2.36. The van der Waals surface area contributed by atoms with Crippen molar-refractivity contribution in [1.29, 1.82) is 0 Å². The first-order valence-corrected chi connectivity index (χ1v) is 9.13. The van der Waals surface area contributed by atoms with Gasteiger partial charge in [0.05, 0.1) is 15.6 Å². The second kappa shape index (κ2) is 8.35. The van der Waals surface area contributed by atoms with Gasteiger partial charge >= 0.3 is 5.69 Å². The number of hydrogen-bond acceptors (Lipinski definition) is 7. The summed E-state index contributed by atoms with van der Waals surface area (Å²) in [7, 11) is 0. The second-order valence-corrected chi connectivity index (χ2v) is 7.18. The number of nitrogens with one attached hydrogen (secondary N) is 1. The third kappa shape index (κ3) is 4.63. The van der Waals surface area contributed by atoms with Gasteiger partial charge in [0.25, 0.3) is 0 Å². The Hall–Kier alpha value is -2.36. The number of hydrazone groups is 1. The fraction of sp³-hybridized carbons (Fsp3) is 0. The molecule has 0 radical (unpaired) electrons. The highest BCUT2D eigenvalue weighted by molar-refractivity contribution is 9.10. The third-order valence-corrected chi connectivity index (χ3v) is 5.14. The maximum atomic E-state index is 10.9. The minimum absolute atomic E-state index is 0.0511. The van der Waals surface area contributed by atoms with Crippen LogP contribution in [0.3, 0.4) is 0 Å². The number of anilines is 1. The molecule has 0 aliphatic heterocycles. The van der Waals surface area contributed by atoms with Gasteiger partial charge in [0.2, 0.25) is 5.82 Å². The van der Waals surface area contributed by atoms with Crippen molar-refractivity contribution in [3.63, 3.8) is 0 Å². The minimum atomic E-state index is -0.533. The van der Waals surface area contributed by atoms with Crippen molar-refractivity contribution in [2.24, 2.45) is 5.10 Å². The van der Waals surface area contributed by atoms with Crippen molar-refractivity contribution in [1.82, 2.24) is 4.98 Å². The molecule has 0 aliphatic rings. The largest absolute Gasteiger partial charge is 0.447 e. The lowest BCUT2D eigenvalue weighted by molar-refractivity contribution is -0.384. The molecule has 2 aromatic heterocycles. The first kappa shape index (κ1) is 18.4. The number of furan rings is 1. The quantitative estimate of drug-likeness (QED) is 0.297. The van der Waals surface area contributed by atoms with E-state index in [4.69, 9.17) is 16.0 Å². The summed E-state index contributed by atoms with van der Waals surface area (Å²) in [5.41, 5.74) is 2.38. The molecule has 0 aliphatic carbocycles. The second-order valence-electron chi connectivity index (χ2n) is 4.84. The van der Waals surface area contributed by atoms with Gasteiger partial charge in [-0.3, -0.25) is 15.5 Å². The number of nitro groups is 1. The zero-order valence-electron chi connectivity index (χ0n) is 12.9. The zero-order chi connectivity index (χ0) is 18.5. The van der Waals surface area contributed by atoms with Crippen LogP contribution in [0.4, 0.5) is 11.5 Å². The minimum Gasteiger partial charge on any atom is -0.447 e. The highest BCUT2D eigenvalue weighted by Gasteiger charge is 2.13. The normalized spacial score (nSPS) is 11.0. The van der Waals surface area contributed by atoms with Gasteiger partial charge in [-0.15, -0.1) is 0 Å².